The van der Waals surface area contributed by atoms with Crippen molar-refractivity contribution in [2.45, 2.75) is 38.3 Å². The standard InChI is InChI=1S/C30H42F2N6O3/c1-5-28(40-4)29(32)26(27(31)21-39-3)20-41-25-18-33-30(34-19-25)35-22-6-8-23(9-7-22)37-12-10-24(11-13-37)38-16-14-36(2)15-17-38/h5-8,18-19,21,23-24H,9-17,20H2,1-4H3,(H,33,34,35)/b27-21-,28-5+,29-26+. The predicted molar refractivity (Wildman–Crippen MR) is 156 cm³/mol. The number of piperidine rings is 1. The number of piperazine rings is 1. The van der Waals surface area contributed by atoms with Crippen LogP contribution in [-0.4, -0.2) is 104 Å². The van der Waals surface area contributed by atoms with Crippen molar-refractivity contribution >= 4 is 5.95 Å². The molecule has 2 fully saturated rings. The summed E-state index contributed by atoms with van der Waals surface area (Å²) in [5.74, 6) is -1.23. The van der Waals surface area contributed by atoms with Crippen molar-refractivity contribution in [3.8, 4) is 5.75 Å². The zero-order valence-electron chi connectivity index (χ0n) is 24.5. The number of ether oxygens (including phenoxy) is 3. The zero-order chi connectivity index (χ0) is 29.2. The molecular formula is C30H42F2N6O3. The van der Waals surface area contributed by atoms with Crippen LogP contribution in [0, 0.1) is 0 Å². The van der Waals surface area contributed by atoms with Gasteiger partial charge in [-0.1, -0.05) is 12.2 Å². The van der Waals surface area contributed by atoms with Gasteiger partial charge in [-0.25, -0.2) is 18.7 Å². The number of nitrogens with zero attached hydrogens (tertiary/aromatic N) is 5. The van der Waals surface area contributed by atoms with Gasteiger partial charge in [-0.2, -0.15) is 0 Å². The summed E-state index contributed by atoms with van der Waals surface area (Å²) in [5, 5.41) is 3.22. The molecule has 2 saturated heterocycles. The van der Waals surface area contributed by atoms with E-state index < -0.39 is 18.3 Å². The minimum atomic E-state index is -0.908. The molecule has 0 radical (unpaired) electrons. The Labute approximate surface area is 241 Å². The molecule has 0 aromatic carbocycles. The highest BCUT2D eigenvalue weighted by Gasteiger charge is 2.29. The molecule has 11 heteroatoms. The fraction of sp³-hybridized carbons (Fsp3) is 0.533. The number of aromatic nitrogens is 2. The molecule has 2 aliphatic heterocycles. The van der Waals surface area contributed by atoms with Crippen molar-refractivity contribution in [3.05, 3.63) is 71.6 Å². The number of hydrogen-bond acceptors (Lipinski definition) is 9. The van der Waals surface area contributed by atoms with Gasteiger partial charge in [-0.15, -0.1) is 0 Å². The average molecular weight is 573 g/mol. The highest BCUT2D eigenvalue weighted by atomic mass is 19.1. The molecule has 41 heavy (non-hydrogen) atoms. The first kappa shape index (κ1) is 30.7. The average Bonchev–Trinajstić information content (AvgIpc) is 3.00. The molecule has 1 unspecified atom stereocenters. The molecule has 224 valence electrons. The molecule has 3 aliphatic rings. The van der Waals surface area contributed by atoms with E-state index >= 15 is 0 Å². The molecule has 0 saturated carbocycles. The van der Waals surface area contributed by atoms with Gasteiger partial charge in [-0.3, -0.25) is 9.80 Å². The number of likely N-dealkylation sites (tertiary alicyclic amines) is 1. The number of methoxy groups -OCH3 is 2. The number of anilines is 1. The van der Waals surface area contributed by atoms with Crippen LogP contribution in [0.4, 0.5) is 14.7 Å². The second-order valence-corrected chi connectivity index (χ2v) is 10.4. The van der Waals surface area contributed by atoms with Crippen molar-refractivity contribution in [1.82, 2.24) is 24.7 Å². The van der Waals surface area contributed by atoms with Gasteiger partial charge in [0, 0.05) is 57.0 Å². The van der Waals surface area contributed by atoms with E-state index in [0.29, 0.717) is 18.0 Å². The molecule has 1 N–H and O–H groups in total. The van der Waals surface area contributed by atoms with Crippen LogP contribution in [0.15, 0.2) is 71.6 Å². The number of likely N-dealkylation sites (N-methyl/N-ethyl adjacent to an activating group) is 1. The summed E-state index contributed by atoms with van der Waals surface area (Å²) in [4.78, 5) is 16.3. The second-order valence-electron chi connectivity index (χ2n) is 10.4. The van der Waals surface area contributed by atoms with Crippen molar-refractivity contribution in [3.63, 3.8) is 0 Å². The minimum Gasteiger partial charge on any atom is -0.501 e. The molecule has 3 heterocycles. The minimum absolute atomic E-state index is 0.106. The lowest BCUT2D eigenvalue weighted by molar-refractivity contribution is 0.0605. The predicted octanol–water partition coefficient (Wildman–Crippen LogP) is 4.42. The normalized spacial score (nSPS) is 22.7. The van der Waals surface area contributed by atoms with E-state index in [9.17, 15) is 8.78 Å². The van der Waals surface area contributed by atoms with Gasteiger partial charge in [0.15, 0.2) is 23.2 Å². The monoisotopic (exact) mass is 572 g/mol. The van der Waals surface area contributed by atoms with E-state index in [1.807, 2.05) is 0 Å². The summed E-state index contributed by atoms with van der Waals surface area (Å²) in [6.45, 7) is 8.14. The molecular weight excluding hydrogens is 530 g/mol. The molecule has 1 atom stereocenters. The summed E-state index contributed by atoms with van der Waals surface area (Å²) in [6.07, 6.45) is 15.0. The van der Waals surface area contributed by atoms with Gasteiger partial charge in [0.25, 0.3) is 0 Å². The smallest absolute Gasteiger partial charge is 0.227 e. The van der Waals surface area contributed by atoms with Crippen molar-refractivity contribution in [2.75, 3.05) is 72.5 Å². The molecule has 0 bridgehead atoms. The molecule has 1 aromatic heterocycles. The van der Waals surface area contributed by atoms with Crippen LogP contribution in [-0.2, 0) is 9.47 Å². The number of halogens is 2. The van der Waals surface area contributed by atoms with Crippen LogP contribution >= 0.6 is 0 Å². The Morgan fingerprint density at radius 3 is 2.34 bits per heavy atom. The summed E-state index contributed by atoms with van der Waals surface area (Å²) in [5.41, 5.74) is 0.583. The highest BCUT2D eigenvalue weighted by molar-refractivity contribution is 5.42. The van der Waals surface area contributed by atoms with Crippen LogP contribution in [0.25, 0.3) is 0 Å². The zero-order valence-corrected chi connectivity index (χ0v) is 24.5. The van der Waals surface area contributed by atoms with E-state index in [1.165, 1.54) is 71.7 Å². The van der Waals surface area contributed by atoms with E-state index in [1.54, 1.807) is 6.92 Å². The summed E-state index contributed by atoms with van der Waals surface area (Å²) < 4.78 is 44.5. The Kier molecular flexibility index (Phi) is 11.3. The number of nitrogens with one attached hydrogen (secondary N) is 1. The SMILES string of the molecule is C\C=C(OC)/C(F)=C(COc1cnc(NC2=CCC(N3CCC(N4CCN(C)CC4)CC3)C=C2)nc1)\C(F)=C\OC. The fourth-order valence-electron chi connectivity index (χ4n) is 5.38. The molecule has 4 rings (SSSR count). The molecule has 0 spiro atoms. The van der Waals surface area contributed by atoms with Crippen LogP contribution < -0.4 is 10.1 Å². The lowest BCUT2D eigenvalue weighted by atomic mass is 9.98. The Bertz CT molecular complexity index is 1150. The van der Waals surface area contributed by atoms with Crippen LogP contribution in [0.3, 0.4) is 0 Å². The number of allylic oxidation sites excluding steroid dienone is 3. The quantitative estimate of drug-likeness (QED) is 0.306. The van der Waals surface area contributed by atoms with Crippen molar-refractivity contribution in [2.24, 2.45) is 0 Å². The Morgan fingerprint density at radius 2 is 1.76 bits per heavy atom. The largest absolute Gasteiger partial charge is 0.501 e. The first-order chi connectivity index (χ1) is 19.9. The topological polar surface area (TPSA) is 75.2 Å². The molecule has 1 aromatic rings. The van der Waals surface area contributed by atoms with Crippen LogP contribution in [0.5, 0.6) is 5.75 Å². The third kappa shape index (κ3) is 8.37. The van der Waals surface area contributed by atoms with E-state index in [0.717, 1.165) is 31.5 Å². The highest BCUT2D eigenvalue weighted by Crippen LogP contribution is 2.26. The third-order valence-corrected chi connectivity index (χ3v) is 7.84. The molecule has 0 amide bonds. The van der Waals surface area contributed by atoms with Gasteiger partial charge < -0.3 is 24.4 Å². The number of rotatable bonds is 11. The van der Waals surface area contributed by atoms with E-state index in [4.69, 9.17) is 9.47 Å². The van der Waals surface area contributed by atoms with Crippen LogP contribution in [0.2, 0.25) is 0 Å². The summed E-state index contributed by atoms with van der Waals surface area (Å²) in [6, 6.07) is 1.12. The number of hydrogen-bond donors (Lipinski definition) is 1. The van der Waals surface area contributed by atoms with E-state index in [-0.39, 0.29) is 17.1 Å². The molecule has 1 aliphatic carbocycles. The molecule has 9 nitrogen and oxygen atoms in total. The van der Waals surface area contributed by atoms with Crippen molar-refractivity contribution in [1.29, 1.82) is 0 Å². The maximum absolute atomic E-state index is 14.8. The van der Waals surface area contributed by atoms with Gasteiger partial charge in [0.2, 0.25) is 5.95 Å². The van der Waals surface area contributed by atoms with Gasteiger partial charge >= 0.3 is 0 Å². The Balaban J connectivity index is 1.25. The third-order valence-electron chi connectivity index (χ3n) is 7.84. The van der Waals surface area contributed by atoms with Gasteiger partial charge in [0.05, 0.1) is 32.2 Å². The lowest BCUT2D eigenvalue weighted by Crippen LogP contribution is -2.53. The Morgan fingerprint density at radius 1 is 1.05 bits per heavy atom. The maximum atomic E-state index is 14.8. The lowest BCUT2D eigenvalue weighted by Gasteiger charge is -2.43. The van der Waals surface area contributed by atoms with Crippen LogP contribution in [0.1, 0.15) is 26.2 Å². The second kappa shape index (κ2) is 15.1. The first-order valence-electron chi connectivity index (χ1n) is 14.2. The fourth-order valence-corrected chi connectivity index (χ4v) is 5.38. The van der Waals surface area contributed by atoms with Gasteiger partial charge in [0.1, 0.15) is 12.9 Å². The van der Waals surface area contributed by atoms with Gasteiger partial charge in [-0.05, 0) is 45.4 Å². The van der Waals surface area contributed by atoms with Crippen molar-refractivity contribution < 1.29 is 23.0 Å². The van der Waals surface area contributed by atoms with E-state index in [2.05, 4.69) is 60.0 Å². The maximum Gasteiger partial charge on any atom is 0.227 e. The Hall–Kier alpha value is -3.28. The summed E-state index contributed by atoms with van der Waals surface area (Å²) in [7, 11) is 4.79. The first-order valence-corrected chi connectivity index (χ1v) is 14.2. The summed E-state index contributed by atoms with van der Waals surface area (Å²) >= 11 is 0.